The molecule has 1 aromatic heterocycles. The largest absolute Gasteiger partial charge is 0.379 e. The van der Waals surface area contributed by atoms with Crippen molar-refractivity contribution in [1.82, 2.24) is 9.71 Å². The zero-order chi connectivity index (χ0) is 17.0. The first-order chi connectivity index (χ1) is 10.8. The van der Waals surface area contributed by atoms with Gasteiger partial charge in [-0.3, -0.25) is 0 Å². The van der Waals surface area contributed by atoms with Gasteiger partial charge in [0.1, 0.15) is 5.69 Å². The van der Waals surface area contributed by atoms with E-state index >= 15 is 0 Å². The molecule has 0 aliphatic rings. The summed E-state index contributed by atoms with van der Waals surface area (Å²) in [6.45, 7) is -0.565. The first-order valence-electron chi connectivity index (χ1n) is 6.31. The maximum atomic E-state index is 13.3. The second-order valence-electron chi connectivity index (χ2n) is 4.33. The molecule has 0 radical (unpaired) electrons. The monoisotopic (exact) mass is 349 g/mol. The summed E-state index contributed by atoms with van der Waals surface area (Å²) in [6.07, 6.45) is 0. The molecule has 2 aromatic rings. The molecule has 0 aliphatic carbocycles. The van der Waals surface area contributed by atoms with Crippen LogP contribution in [0.4, 0.5) is 23.2 Å². The standard InChI is InChI=1S/C13H11F4N3O2S/c14-9-11(10(15)13(17)20-12(9)16)18-6-7-19-23(21,22)8-4-2-1-3-5-8/h1-5,19H,6-7H2,(H,18,20). The van der Waals surface area contributed by atoms with Gasteiger partial charge in [-0.15, -0.1) is 0 Å². The average molecular weight is 349 g/mol. The molecule has 2 rings (SSSR count). The van der Waals surface area contributed by atoms with Crippen LogP contribution in [0, 0.1) is 23.5 Å². The number of halogens is 4. The maximum Gasteiger partial charge on any atom is 0.253 e. The van der Waals surface area contributed by atoms with Gasteiger partial charge in [-0.1, -0.05) is 18.2 Å². The topological polar surface area (TPSA) is 71.1 Å². The summed E-state index contributed by atoms with van der Waals surface area (Å²) >= 11 is 0. The predicted octanol–water partition coefficient (Wildman–Crippen LogP) is 2.03. The van der Waals surface area contributed by atoms with Crippen molar-refractivity contribution in [3.05, 3.63) is 53.9 Å². The maximum absolute atomic E-state index is 13.3. The number of anilines is 1. The molecule has 0 fully saturated rings. The van der Waals surface area contributed by atoms with Gasteiger partial charge in [0.2, 0.25) is 21.7 Å². The summed E-state index contributed by atoms with van der Waals surface area (Å²) in [4.78, 5) is 2.42. The van der Waals surface area contributed by atoms with Crippen LogP contribution in [0.5, 0.6) is 0 Å². The third-order valence-electron chi connectivity index (χ3n) is 2.77. The number of sulfonamides is 1. The molecule has 1 heterocycles. The van der Waals surface area contributed by atoms with E-state index < -0.39 is 39.2 Å². The number of rotatable bonds is 6. The normalized spacial score (nSPS) is 11.5. The fourth-order valence-electron chi connectivity index (χ4n) is 1.70. The van der Waals surface area contributed by atoms with E-state index in [9.17, 15) is 26.0 Å². The molecule has 0 spiro atoms. The Morgan fingerprint density at radius 2 is 1.48 bits per heavy atom. The van der Waals surface area contributed by atoms with Crippen molar-refractivity contribution in [3.8, 4) is 0 Å². The van der Waals surface area contributed by atoms with Crippen LogP contribution in [0.1, 0.15) is 0 Å². The van der Waals surface area contributed by atoms with Crippen molar-refractivity contribution in [3.63, 3.8) is 0 Å². The number of pyridine rings is 1. The van der Waals surface area contributed by atoms with Crippen LogP contribution in [0.15, 0.2) is 35.2 Å². The minimum absolute atomic E-state index is 0.0124. The number of nitrogens with one attached hydrogen (secondary N) is 2. The van der Waals surface area contributed by atoms with Gasteiger partial charge in [-0.2, -0.15) is 22.5 Å². The van der Waals surface area contributed by atoms with E-state index in [1.807, 2.05) is 0 Å². The molecule has 0 aliphatic heterocycles. The van der Waals surface area contributed by atoms with Crippen molar-refractivity contribution < 1.29 is 26.0 Å². The summed E-state index contributed by atoms with van der Waals surface area (Å²) in [5, 5.41) is 2.09. The number of benzene rings is 1. The van der Waals surface area contributed by atoms with Crippen LogP contribution in [0.25, 0.3) is 0 Å². The smallest absolute Gasteiger partial charge is 0.253 e. The molecule has 23 heavy (non-hydrogen) atoms. The van der Waals surface area contributed by atoms with Crippen LogP contribution in [0.2, 0.25) is 0 Å². The number of hydrogen-bond donors (Lipinski definition) is 2. The van der Waals surface area contributed by atoms with Crippen LogP contribution in [0.3, 0.4) is 0 Å². The fraction of sp³-hybridized carbons (Fsp3) is 0.154. The Morgan fingerprint density at radius 1 is 0.913 bits per heavy atom. The molecular formula is C13H11F4N3O2S. The number of nitrogens with zero attached hydrogens (tertiary/aromatic N) is 1. The van der Waals surface area contributed by atoms with E-state index in [-0.39, 0.29) is 18.0 Å². The number of hydrogen-bond acceptors (Lipinski definition) is 4. The van der Waals surface area contributed by atoms with Gasteiger partial charge in [0, 0.05) is 13.1 Å². The van der Waals surface area contributed by atoms with Crippen molar-refractivity contribution >= 4 is 15.7 Å². The van der Waals surface area contributed by atoms with Crippen molar-refractivity contribution in [2.24, 2.45) is 0 Å². The van der Waals surface area contributed by atoms with E-state index in [1.165, 1.54) is 24.3 Å². The van der Waals surface area contributed by atoms with Gasteiger partial charge in [0.25, 0.3) is 11.9 Å². The highest BCUT2D eigenvalue weighted by Gasteiger charge is 2.20. The third kappa shape index (κ3) is 3.96. The number of aromatic nitrogens is 1. The molecule has 1 aromatic carbocycles. The molecule has 0 saturated heterocycles. The summed E-state index contributed by atoms with van der Waals surface area (Å²) in [5.41, 5.74) is -1.05. The summed E-state index contributed by atoms with van der Waals surface area (Å²) in [5.74, 6) is -6.96. The van der Waals surface area contributed by atoms with E-state index in [0.29, 0.717) is 0 Å². The Balaban J connectivity index is 1.99. The highest BCUT2D eigenvalue weighted by molar-refractivity contribution is 7.89. The van der Waals surface area contributed by atoms with Crippen molar-refractivity contribution in [2.75, 3.05) is 18.4 Å². The van der Waals surface area contributed by atoms with E-state index in [4.69, 9.17) is 0 Å². The molecule has 0 atom stereocenters. The molecule has 2 N–H and O–H groups in total. The minimum Gasteiger partial charge on any atom is -0.379 e. The Hall–Kier alpha value is -2.20. The summed E-state index contributed by atoms with van der Waals surface area (Å²) < 4.78 is 78.4. The summed E-state index contributed by atoms with van der Waals surface area (Å²) in [6, 6.07) is 7.42. The van der Waals surface area contributed by atoms with Gasteiger partial charge < -0.3 is 5.32 Å². The molecular weight excluding hydrogens is 338 g/mol. The lowest BCUT2D eigenvalue weighted by molar-refractivity contribution is 0.410. The van der Waals surface area contributed by atoms with Crippen LogP contribution in [-0.2, 0) is 10.0 Å². The lowest BCUT2D eigenvalue weighted by Gasteiger charge is -2.10. The Morgan fingerprint density at radius 3 is 2.04 bits per heavy atom. The predicted molar refractivity (Wildman–Crippen MR) is 74.2 cm³/mol. The first-order valence-corrected chi connectivity index (χ1v) is 7.80. The highest BCUT2D eigenvalue weighted by Crippen LogP contribution is 2.21. The second-order valence-corrected chi connectivity index (χ2v) is 6.10. The zero-order valence-corrected chi connectivity index (χ0v) is 12.3. The second kappa shape index (κ2) is 6.92. The quantitative estimate of drug-likeness (QED) is 0.476. The van der Waals surface area contributed by atoms with Crippen LogP contribution in [-0.4, -0.2) is 26.5 Å². The lowest BCUT2D eigenvalue weighted by Crippen LogP contribution is -2.29. The van der Waals surface area contributed by atoms with Crippen LogP contribution >= 0.6 is 0 Å². The molecule has 0 unspecified atom stereocenters. The molecule has 124 valence electrons. The van der Waals surface area contributed by atoms with Crippen molar-refractivity contribution in [2.45, 2.75) is 4.90 Å². The van der Waals surface area contributed by atoms with Crippen LogP contribution < -0.4 is 10.0 Å². The van der Waals surface area contributed by atoms with Gasteiger partial charge in [-0.25, -0.2) is 13.1 Å². The molecule has 0 amide bonds. The molecule has 0 bridgehead atoms. The molecule has 0 saturated carbocycles. The van der Waals surface area contributed by atoms with Gasteiger partial charge in [-0.05, 0) is 12.1 Å². The SMILES string of the molecule is O=S(=O)(NCCNc1c(F)c(F)nc(F)c1F)c1ccccc1. The van der Waals surface area contributed by atoms with Gasteiger partial charge in [0.05, 0.1) is 4.90 Å². The molecule has 5 nitrogen and oxygen atoms in total. The average Bonchev–Trinajstić information content (AvgIpc) is 2.53. The zero-order valence-electron chi connectivity index (χ0n) is 11.5. The Bertz CT molecular complexity index is 774. The fourth-order valence-corrected chi connectivity index (χ4v) is 2.75. The summed E-state index contributed by atoms with van der Waals surface area (Å²) in [7, 11) is -3.79. The minimum atomic E-state index is -3.79. The Labute approximate surface area is 129 Å². The third-order valence-corrected chi connectivity index (χ3v) is 4.25. The lowest BCUT2D eigenvalue weighted by atomic mass is 10.3. The van der Waals surface area contributed by atoms with E-state index in [2.05, 4.69) is 15.0 Å². The first kappa shape index (κ1) is 17.2. The van der Waals surface area contributed by atoms with Gasteiger partial charge in [0.15, 0.2) is 0 Å². The molecule has 10 heteroatoms. The van der Waals surface area contributed by atoms with E-state index in [0.717, 1.165) is 0 Å². The van der Waals surface area contributed by atoms with Crippen molar-refractivity contribution in [1.29, 1.82) is 0 Å². The van der Waals surface area contributed by atoms with Gasteiger partial charge >= 0.3 is 0 Å². The highest BCUT2D eigenvalue weighted by atomic mass is 32.2. The van der Waals surface area contributed by atoms with E-state index in [1.54, 1.807) is 6.07 Å². The Kier molecular flexibility index (Phi) is 5.16.